The zero-order valence-corrected chi connectivity index (χ0v) is 9.64. The molecule has 0 amide bonds. The average molecular weight is 194 g/mol. The van der Waals surface area contributed by atoms with Crippen molar-refractivity contribution in [3.05, 3.63) is 22.8 Å². The summed E-state index contributed by atoms with van der Waals surface area (Å²) >= 11 is 0. The van der Waals surface area contributed by atoms with Gasteiger partial charge in [0.05, 0.1) is 6.10 Å². The second-order valence-electron chi connectivity index (χ2n) is 4.28. The Morgan fingerprint density at radius 2 is 1.79 bits per heavy atom. The first-order valence-corrected chi connectivity index (χ1v) is 5.66. The van der Waals surface area contributed by atoms with Crippen molar-refractivity contribution < 1.29 is 5.11 Å². The van der Waals surface area contributed by atoms with Crippen molar-refractivity contribution in [2.24, 2.45) is 0 Å². The number of hydrogen-bond acceptors (Lipinski definition) is 1. The van der Waals surface area contributed by atoms with Gasteiger partial charge in [0.15, 0.2) is 0 Å². The van der Waals surface area contributed by atoms with Crippen molar-refractivity contribution in [1.82, 2.24) is 0 Å². The van der Waals surface area contributed by atoms with Crippen LogP contribution in [-0.4, -0.2) is 11.2 Å². The molecule has 1 atom stereocenters. The molecule has 0 aromatic carbocycles. The van der Waals surface area contributed by atoms with Gasteiger partial charge in [0.25, 0.3) is 0 Å². The molecule has 1 aliphatic rings. The lowest BCUT2D eigenvalue weighted by Gasteiger charge is -2.21. The molecule has 1 rings (SSSR count). The molecule has 1 N–H and O–H groups in total. The minimum atomic E-state index is -0.340. The molecule has 1 fully saturated rings. The zero-order valence-electron chi connectivity index (χ0n) is 9.64. The van der Waals surface area contributed by atoms with Gasteiger partial charge in [0, 0.05) is 0 Å². The second kappa shape index (κ2) is 5.35. The van der Waals surface area contributed by atoms with Crippen molar-refractivity contribution in [2.75, 3.05) is 0 Å². The minimum absolute atomic E-state index is 0.340. The highest BCUT2D eigenvalue weighted by molar-refractivity contribution is 5.25. The Balaban J connectivity index is 2.74. The molecule has 0 aliphatic heterocycles. The maximum atomic E-state index is 10.0. The van der Waals surface area contributed by atoms with E-state index < -0.39 is 0 Å². The van der Waals surface area contributed by atoms with Gasteiger partial charge < -0.3 is 5.11 Å². The van der Waals surface area contributed by atoms with Crippen LogP contribution < -0.4 is 0 Å². The van der Waals surface area contributed by atoms with Crippen molar-refractivity contribution in [3.63, 3.8) is 0 Å². The quantitative estimate of drug-likeness (QED) is 0.666. The predicted octanol–water partition coefficient (Wildman–Crippen LogP) is 3.59. The molecule has 0 bridgehead atoms. The van der Waals surface area contributed by atoms with Gasteiger partial charge in [-0.1, -0.05) is 18.1 Å². The van der Waals surface area contributed by atoms with Gasteiger partial charge in [0.1, 0.15) is 0 Å². The smallest absolute Gasteiger partial charge is 0.0958 e. The normalized spacial score (nSPS) is 20.9. The molecule has 0 aromatic rings. The maximum Gasteiger partial charge on any atom is 0.0958 e. The van der Waals surface area contributed by atoms with E-state index >= 15 is 0 Å². The van der Waals surface area contributed by atoms with E-state index in [0.717, 1.165) is 5.57 Å². The number of hydrogen-bond donors (Lipinski definition) is 1. The molecule has 0 heterocycles. The first-order chi connectivity index (χ1) is 6.66. The Labute approximate surface area is 87.5 Å². The van der Waals surface area contributed by atoms with E-state index in [9.17, 15) is 5.11 Å². The van der Waals surface area contributed by atoms with Crippen molar-refractivity contribution in [1.29, 1.82) is 0 Å². The third-order valence-electron chi connectivity index (χ3n) is 3.31. The van der Waals surface area contributed by atoms with Crippen LogP contribution in [0.2, 0.25) is 0 Å². The molecule has 1 unspecified atom stereocenters. The van der Waals surface area contributed by atoms with Crippen LogP contribution in [0.1, 0.15) is 52.9 Å². The summed E-state index contributed by atoms with van der Waals surface area (Å²) in [6.45, 7) is 6.06. The molecule has 1 nitrogen and oxygen atoms in total. The predicted molar refractivity (Wildman–Crippen MR) is 61.2 cm³/mol. The number of aliphatic hydroxyl groups excluding tert-OH is 1. The highest BCUT2D eigenvalue weighted by Crippen LogP contribution is 2.28. The molecular formula is C13H22O. The van der Waals surface area contributed by atoms with E-state index in [4.69, 9.17) is 0 Å². The molecule has 14 heavy (non-hydrogen) atoms. The molecule has 0 aromatic heterocycles. The Hall–Kier alpha value is -0.560. The standard InChI is InChI=1S/C13H22O/c1-4-10(2)13(14)11(3)12-8-6-5-7-9-12/h4,13-14H,5-9H2,1-3H3/b10-4-. The summed E-state index contributed by atoms with van der Waals surface area (Å²) in [6, 6.07) is 0. The van der Waals surface area contributed by atoms with Gasteiger partial charge >= 0.3 is 0 Å². The summed E-state index contributed by atoms with van der Waals surface area (Å²) in [4.78, 5) is 0. The Kier molecular flexibility index (Phi) is 4.40. The molecular weight excluding hydrogens is 172 g/mol. The molecule has 0 spiro atoms. The van der Waals surface area contributed by atoms with E-state index in [1.165, 1.54) is 43.3 Å². The van der Waals surface area contributed by atoms with Crippen molar-refractivity contribution in [3.8, 4) is 0 Å². The first-order valence-electron chi connectivity index (χ1n) is 5.66. The van der Waals surface area contributed by atoms with Crippen LogP contribution in [0.15, 0.2) is 22.8 Å². The number of aliphatic hydroxyl groups is 1. The molecule has 1 heteroatoms. The molecule has 0 radical (unpaired) electrons. The van der Waals surface area contributed by atoms with Crippen LogP contribution in [0, 0.1) is 0 Å². The van der Waals surface area contributed by atoms with E-state index in [2.05, 4.69) is 6.92 Å². The summed E-state index contributed by atoms with van der Waals surface area (Å²) < 4.78 is 0. The number of allylic oxidation sites excluding steroid dienone is 2. The molecule has 1 aliphatic carbocycles. The largest absolute Gasteiger partial charge is 0.384 e. The van der Waals surface area contributed by atoms with Crippen LogP contribution in [0.25, 0.3) is 0 Å². The minimum Gasteiger partial charge on any atom is -0.384 e. The fourth-order valence-electron chi connectivity index (χ4n) is 2.07. The van der Waals surface area contributed by atoms with Crippen LogP contribution >= 0.6 is 0 Å². The summed E-state index contributed by atoms with van der Waals surface area (Å²) in [5, 5.41) is 10.0. The van der Waals surface area contributed by atoms with E-state index in [1.807, 2.05) is 19.9 Å². The van der Waals surface area contributed by atoms with Crippen LogP contribution in [-0.2, 0) is 0 Å². The van der Waals surface area contributed by atoms with Crippen LogP contribution in [0.3, 0.4) is 0 Å². The lowest BCUT2D eigenvalue weighted by Crippen LogP contribution is -2.13. The lowest BCUT2D eigenvalue weighted by atomic mass is 9.88. The summed E-state index contributed by atoms with van der Waals surface area (Å²) in [6.07, 6.45) is 8.00. The third kappa shape index (κ3) is 2.71. The van der Waals surface area contributed by atoms with Crippen LogP contribution in [0.5, 0.6) is 0 Å². The molecule has 1 saturated carbocycles. The second-order valence-corrected chi connectivity index (χ2v) is 4.28. The van der Waals surface area contributed by atoms with E-state index in [-0.39, 0.29) is 6.10 Å². The molecule has 0 saturated heterocycles. The Bertz CT molecular complexity index is 240. The fraction of sp³-hybridized carbons (Fsp3) is 0.692. The average Bonchev–Trinajstić information content (AvgIpc) is 2.27. The van der Waals surface area contributed by atoms with E-state index in [1.54, 1.807) is 0 Å². The Morgan fingerprint density at radius 1 is 1.21 bits per heavy atom. The zero-order chi connectivity index (χ0) is 10.6. The first kappa shape index (κ1) is 11.5. The monoisotopic (exact) mass is 194 g/mol. The Morgan fingerprint density at radius 3 is 2.29 bits per heavy atom. The maximum absolute atomic E-state index is 10.0. The summed E-state index contributed by atoms with van der Waals surface area (Å²) in [7, 11) is 0. The highest BCUT2D eigenvalue weighted by Gasteiger charge is 2.14. The fourth-order valence-corrected chi connectivity index (χ4v) is 2.07. The lowest BCUT2D eigenvalue weighted by molar-refractivity contribution is 0.244. The van der Waals surface area contributed by atoms with Gasteiger partial charge in [-0.25, -0.2) is 0 Å². The topological polar surface area (TPSA) is 20.2 Å². The summed E-state index contributed by atoms with van der Waals surface area (Å²) in [5.74, 6) is 0. The molecule has 80 valence electrons. The van der Waals surface area contributed by atoms with Gasteiger partial charge in [-0.15, -0.1) is 0 Å². The van der Waals surface area contributed by atoms with Gasteiger partial charge in [-0.05, 0) is 57.6 Å². The number of rotatable bonds is 2. The SMILES string of the molecule is C/C=C(/C)C(O)C(C)=C1CCCCC1. The van der Waals surface area contributed by atoms with E-state index in [0.29, 0.717) is 0 Å². The van der Waals surface area contributed by atoms with Gasteiger partial charge in [-0.2, -0.15) is 0 Å². The highest BCUT2D eigenvalue weighted by atomic mass is 16.3. The van der Waals surface area contributed by atoms with Gasteiger partial charge in [-0.3, -0.25) is 0 Å². The third-order valence-corrected chi connectivity index (χ3v) is 3.31. The van der Waals surface area contributed by atoms with Crippen molar-refractivity contribution in [2.45, 2.75) is 59.0 Å². The summed E-state index contributed by atoms with van der Waals surface area (Å²) in [5.41, 5.74) is 3.76. The van der Waals surface area contributed by atoms with Crippen LogP contribution in [0.4, 0.5) is 0 Å². The van der Waals surface area contributed by atoms with Gasteiger partial charge in [0.2, 0.25) is 0 Å². The van der Waals surface area contributed by atoms with Crippen molar-refractivity contribution >= 4 is 0 Å².